The van der Waals surface area contributed by atoms with E-state index in [9.17, 15) is 9.90 Å². The first-order valence-corrected chi connectivity index (χ1v) is 11.3. The van der Waals surface area contributed by atoms with Gasteiger partial charge in [-0.05, 0) is 63.1 Å². The molecule has 1 saturated heterocycles. The van der Waals surface area contributed by atoms with Gasteiger partial charge in [0, 0.05) is 56.8 Å². The zero-order valence-electron chi connectivity index (χ0n) is 19.3. The van der Waals surface area contributed by atoms with Crippen LogP contribution in [0.3, 0.4) is 0 Å². The number of nitrogens with one attached hydrogen (secondary N) is 1. The fourth-order valence-corrected chi connectivity index (χ4v) is 3.91. The summed E-state index contributed by atoms with van der Waals surface area (Å²) in [6, 6.07) is 15.8. The van der Waals surface area contributed by atoms with Gasteiger partial charge in [-0.2, -0.15) is 0 Å². The Kier molecular flexibility index (Phi) is 8.50. The van der Waals surface area contributed by atoms with E-state index in [0.29, 0.717) is 25.8 Å². The van der Waals surface area contributed by atoms with Crippen LogP contribution in [0.5, 0.6) is 0 Å². The number of guanidine groups is 1. The number of anilines is 2. The third-order valence-corrected chi connectivity index (χ3v) is 5.54. The number of piperazine rings is 1. The maximum absolute atomic E-state index is 11.4. The molecule has 172 valence electrons. The smallest absolute Gasteiger partial charge is 0.335 e. The summed E-state index contributed by atoms with van der Waals surface area (Å²) in [7, 11) is 0. The van der Waals surface area contributed by atoms with Crippen molar-refractivity contribution in [2.24, 2.45) is 4.99 Å². The minimum absolute atomic E-state index is 0.253. The molecule has 0 unspecified atom stereocenters. The van der Waals surface area contributed by atoms with Crippen molar-refractivity contribution in [3.63, 3.8) is 0 Å². The molecule has 0 spiro atoms. The number of ether oxygens (including phenoxy) is 1. The Hall–Kier alpha value is -3.06. The predicted molar refractivity (Wildman–Crippen MR) is 130 cm³/mol. The molecule has 1 fully saturated rings. The topological polar surface area (TPSA) is 77.4 Å². The Bertz CT molecular complexity index is 931. The van der Waals surface area contributed by atoms with Crippen LogP contribution in [0.15, 0.2) is 53.5 Å². The SMILES string of the molecule is CCOCCCN=C(Nc1cccc(C(=O)O)c1)N1CCN(c2cccc(C)c2)[C@H](C)C1. The normalized spacial score (nSPS) is 16.8. The highest BCUT2D eigenvalue weighted by Crippen LogP contribution is 2.22. The van der Waals surface area contributed by atoms with Gasteiger partial charge in [0.05, 0.1) is 5.56 Å². The predicted octanol–water partition coefficient (Wildman–Crippen LogP) is 4.10. The fourth-order valence-electron chi connectivity index (χ4n) is 3.91. The second-order valence-electron chi connectivity index (χ2n) is 8.09. The van der Waals surface area contributed by atoms with Crippen molar-refractivity contribution in [3.8, 4) is 0 Å². The molecule has 0 radical (unpaired) electrons. The van der Waals surface area contributed by atoms with Crippen LogP contribution in [0, 0.1) is 6.92 Å². The molecule has 0 amide bonds. The van der Waals surface area contributed by atoms with Gasteiger partial charge in [0.25, 0.3) is 0 Å². The number of carboxylic acid groups (broad SMARTS) is 1. The Balaban J connectivity index is 1.73. The van der Waals surface area contributed by atoms with Crippen LogP contribution in [0.1, 0.15) is 36.2 Å². The summed E-state index contributed by atoms with van der Waals surface area (Å²) in [6.07, 6.45) is 0.840. The standard InChI is InChI=1S/C25H34N4O3/c1-4-32-15-7-12-26-25(27-22-10-6-9-21(17-22)24(30)31)28-13-14-29(20(3)18-28)23-11-5-8-19(2)16-23/h5-6,8-11,16-17,20H,4,7,12-15,18H2,1-3H3,(H,26,27)(H,30,31)/t20-/m1/s1. The molecule has 1 heterocycles. The number of aryl methyl sites for hydroxylation is 1. The lowest BCUT2D eigenvalue weighted by molar-refractivity contribution is 0.0697. The zero-order chi connectivity index (χ0) is 22.9. The zero-order valence-corrected chi connectivity index (χ0v) is 19.3. The van der Waals surface area contributed by atoms with Gasteiger partial charge >= 0.3 is 5.97 Å². The van der Waals surface area contributed by atoms with Crippen molar-refractivity contribution in [2.45, 2.75) is 33.2 Å². The van der Waals surface area contributed by atoms with Crippen molar-refractivity contribution >= 4 is 23.3 Å². The number of benzene rings is 2. The van der Waals surface area contributed by atoms with Crippen LogP contribution in [0.25, 0.3) is 0 Å². The number of hydrogen-bond acceptors (Lipinski definition) is 4. The minimum atomic E-state index is -0.941. The van der Waals surface area contributed by atoms with Crippen molar-refractivity contribution in [1.82, 2.24) is 4.90 Å². The number of rotatable bonds is 8. The second kappa shape index (κ2) is 11.5. The molecule has 1 atom stereocenters. The van der Waals surface area contributed by atoms with Crippen molar-refractivity contribution in [2.75, 3.05) is 49.6 Å². The van der Waals surface area contributed by atoms with Crippen molar-refractivity contribution in [1.29, 1.82) is 0 Å². The molecule has 2 aromatic rings. The molecule has 2 N–H and O–H groups in total. The average Bonchev–Trinajstić information content (AvgIpc) is 2.78. The molecule has 7 heteroatoms. The molecule has 0 aromatic heterocycles. The summed E-state index contributed by atoms with van der Waals surface area (Å²) in [4.78, 5) is 20.9. The van der Waals surface area contributed by atoms with Crippen molar-refractivity contribution < 1.29 is 14.6 Å². The van der Waals surface area contributed by atoms with Gasteiger partial charge in [-0.3, -0.25) is 4.99 Å². The lowest BCUT2D eigenvalue weighted by Gasteiger charge is -2.42. The highest BCUT2D eigenvalue weighted by molar-refractivity contribution is 5.96. The first kappa shape index (κ1) is 23.6. The molecule has 32 heavy (non-hydrogen) atoms. The van der Waals surface area contributed by atoms with E-state index in [1.54, 1.807) is 18.2 Å². The van der Waals surface area contributed by atoms with Gasteiger partial charge in [0.1, 0.15) is 0 Å². The Morgan fingerprint density at radius 3 is 2.75 bits per heavy atom. The molecule has 1 aliphatic heterocycles. The van der Waals surface area contributed by atoms with E-state index in [1.165, 1.54) is 11.3 Å². The quantitative estimate of drug-likeness (QED) is 0.367. The molecule has 0 saturated carbocycles. The molecule has 7 nitrogen and oxygen atoms in total. The molecule has 0 bridgehead atoms. The molecule has 0 aliphatic carbocycles. The highest BCUT2D eigenvalue weighted by Gasteiger charge is 2.26. The van der Waals surface area contributed by atoms with Gasteiger partial charge < -0.3 is 25.0 Å². The molecular formula is C25H34N4O3. The van der Waals surface area contributed by atoms with Crippen LogP contribution in [0.2, 0.25) is 0 Å². The summed E-state index contributed by atoms with van der Waals surface area (Å²) in [5, 5.41) is 12.7. The fraction of sp³-hybridized carbons (Fsp3) is 0.440. The summed E-state index contributed by atoms with van der Waals surface area (Å²) >= 11 is 0. The lowest BCUT2D eigenvalue weighted by Crippen LogP contribution is -2.55. The highest BCUT2D eigenvalue weighted by atomic mass is 16.5. The monoisotopic (exact) mass is 438 g/mol. The van der Waals surface area contributed by atoms with E-state index in [4.69, 9.17) is 9.73 Å². The third kappa shape index (κ3) is 6.47. The van der Waals surface area contributed by atoms with Gasteiger partial charge in [0.2, 0.25) is 0 Å². The number of aliphatic imine (C=N–C) groups is 1. The van der Waals surface area contributed by atoms with Crippen LogP contribution in [0.4, 0.5) is 11.4 Å². The maximum Gasteiger partial charge on any atom is 0.335 e. The van der Waals surface area contributed by atoms with E-state index in [2.05, 4.69) is 53.2 Å². The Labute approximate surface area is 190 Å². The minimum Gasteiger partial charge on any atom is -0.478 e. The number of hydrogen-bond donors (Lipinski definition) is 2. The van der Waals surface area contributed by atoms with E-state index in [0.717, 1.165) is 37.7 Å². The van der Waals surface area contributed by atoms with Crippen molar-refractivity contribution in [3.05, 3.63) is 59.7 Å². The first-order chi connectivity index (χ1) is 15.5. The third-order valence-electron chi connectivity index (χ3n) is 5.54. The second-order valence-corrected chi connectivity index (χ2v) is 8.09. The molecule has 1 aliphatic rings. The first-order valence-electron chi connectivity index (χ1n) is 11.3. The lowest BCUT2D eigenvalue weighted by atomic mass is 10.1. The van der Waals surface area contributed by atoms with Crippen LogP contribution >= 0.6 is 0 Å². The van der Waals surface area contributed by atoms with Gasteiger partial charge in [-0.25, -0.2) is 4.79 Å². The van der Waals surface area contributed by atoms with Gasteiger partial charge in [0.15, 0.2) is 5.96 Å². The average molecular weight is 439 g/mol. The Morgan fingerprint density at radius 1 is 1.22 bits per heavy atom. The molecule has 3 rings (SSSR count). The maximum atomic E-state index is 11.4. The summed E-state index contributed by atoms with van der Waals surface area (Å²) in [6.45, 7) is 10.9. The van der Waals surface area contributed by atoms with Gasteiger partial charge in [-0.1, -0.05) is 18.2 Å². The summed E-state index contributed by atoms with van der Waals surface area (Å²) in [5.74, 6) is -0.163. The van der Waals surface area contributed by atoms with Crippen LogP contribution in [-0.4, -0.2) is 67.4 Å². The molecular weight excluding hydrogens is 404 g/mol. The summed E-state index contributed by atoms with van der Waals surface area (Å²) in [5.41, 5.74) is 3.48. The van der Waals surface area contributed by atoms with Gasteiger partial charge in [-0.15, -0.1) is 0 Å². The van der Waals surface area contributed by atoms with E-state index in [1.807, 2.05) is 13.0 Å². The summed E-state index contributed by atoms with van der Waals surface area (Å²) < 4.78 is 5.44. The van der Waals surface area contributed by atoms with Crippen LogP contribution < -0.4 is 10.2 Å². The van der Waals surface area contributed by atoms with E-state index < -0.39 is 5.97 Å². The largest absolute Gasteiger partial charge is 0.478 e. The number of carboxylic acids is 1. The number of carbonyl (C=O) groups is 1. The number of aromatic carboxylic acids is 1. The van der Waals surface area contributed by atoms with E-state index in [-0.39, 0.29) is 5.56 Å². The van der Waals surface area contributed by atoms with Crippen LogP contribution in [-0.2, 0) is 4.74 Å². The Morgan fingerprint density at radius 2 is 2.03 bits per heavy atom. The molecule has 2 aromatic carbocycles. The number of nitrogens with zero attached hydrogens (tertiary/aromatic N) is 3. The van der Waals surface area contributed by atoms with E-state index >= 15 is 0 Å².